The van der Waals surface area contributed by atoms with E-state index in [1.165, 1.54) is 19.2 Å². The van der Waals surface area contributed by atoms with Crippen LogP contribution in [-0.4, -0.2) is 27.9 Å². The van der Waals surface area contributed by atoms with E-state index < -0.39 is 9.84 Å². The van der Waals surface area contributed by atoms with Crippen LogP contribution in [0.1, 0.15) is 0 Å². The molecule has 8 heteroatoms. The minimum absolute atomic E-state index is 0.0189. The molecule has 0 amide bonds. The van der Waals surface area contributed by atoms with E-state index in [-0.39, 0.29) is 17.3 Å². The quantitative estimate of drug-likeness (QED) is 0.309. The van der Waals surface area contributed by atoms with Gasteiger partial charge in [0.05, 0.1) is 24.4 Å². The molecule has 0 aromatic heterocycles. The Bertz CT molecular complexity index is 405. The fourth-order valence-electron chi connectivity index (χ4n) is 0.982. The highest BCUT2D eigenvalue weighted by Gasteiger charge is 2.13. The smallest absolute Gasteiger partial charge is 0.197 e. The lowest BCUT2D eigenvalue weighted by Crippen LogP contribution is -2.10. The molecule has 0 aliphatic carbocycles. The van der Waals surface area contributed by atoms with E-state index in [9.17, 15) is 8.42 Å². The summed E-state index contributed by atoms with van der Waals surface area (Å²) >= 11 is 0.502. The topological polar surface area (TPSA) is 71.1 Å². The fraction of sp³-hybridized carbons (Fsp3) is 0.333. The minimum atomic E-state index is -3.32. The van der Waals surface area contributed by atoms with E-state index in [0.717, 1.165) is 0 Å². The van der Waals surface area contributed by atoms with Gasteiger partial charge >= 0.3 is 0 Å². The third kappa shape index (κ3) is 5.48. The molecule has 0 aliphatic heterocycles. The van der Waals surface area contributed by atoms with Gasteiger partial charge in [0, 0.05) is 0 Å². The number of hydrogen-bond acceptors (Lipinski definition) is 7. The van der Waals surface area contributed by atoms with Crippen molar-refractivity contribution in [2.45, 2.75) is 4.90 Å². The molecule has 0 radical (unpaired) electrons. The molecule has 1 aromatic rings. The standard InChI is InChI=1S/C9H12O6S2/c1-12-14-15-16-13-7-8-17(10,11)9-5-3-2-4-6-9/h2-6H,7-8H2,1H3. The third-order valence-electron chi connectivity index (χ3n) is 1.71. The first kappa shape index (κ1) is 14.4. The summed E-state index contributed by atoms with van der Waals surface area (Å²) in [7, 11) is -2.05. The number of benzene rings is 1. The van der Waals surface area contributed by atoms with Gasteiger partial charge in [-0.15, -0.1) is 4.33 Å². The van der Waals surface area contributed by atoms with Crippen molar-refractivity contribution in [2.75, 3.05) is 19.5 Å². The molecule has 0 bridgehead atoms. The van der Waals surface area contributed by atoms with Crippen molar-refractivity contribution < 1.29 is 26.9 Å². The van der Waals surface area contributed by atoms with Crippen molar-refractivity contribution in [1.29, 1.82) is 0 Å². The summed E-state index contributed by atoms with van der Waals surface area (Å²) in [5.41, 5.74) is 0. The maximum Gasteiger partial charge on any atom is 0.197 e. The van der Waals surface area contributed by atoms with Crippen molar-refractivity contribution in [3.63, 3.8) is 0 Å². The van der Waals surface area contributed by atoms with Crippen LogP contribution in [0.3, 0.4) is 0 Å². The zero-order valence-corrected chi connectivity index (χ0v) is 10.7. The maximum absolute atomic E-state index is 11.7. The molecule has 0 N–H and O–H groups in total. The Labute approximate surface area is 104 Å². The lowest BCUT2D eigenvalue weighted by Gasteiger charge is -2.03. The zero-order chi connectivity index (χ0) is 12.6. The largest absolute Gasteiger partial charge is 0.288 e. The van der Waals surface area contributed by atoms with Crippen molar-refractivity contribution >= 4 is 22.2 Å². The van der Waals surface area contributed by atoms with Gasteiger partial charge in [-0.1, -0.05) is 23.2 Å². The van der Waals surface area contributed by atoms with Gasteiger partial charge in [0.2, 0.25) is 0 Å². The van der Waals surface area contributed by atoms with Crippen molar-refractivity contribution in [2.24, 2.45) is 0 Å². The Kier molecular flexibility index (Phi) is 6.48. The van der Waals surface area contributed by atoms with Crippen LogP contribution < -0.4 is 0 Å². The summed E-state index contributed by atoms with van der Waals surface area (Å²) in [4.78, 5) is 4.38. The van der Waals surface area contributed by atoms with Gasteiger partial charge in [-0.05, 0) is 12.1 Å². The van der Waals surface area contributed by atoms with Crippen molar-refractivity contribution in [1.82, 2.24) is 0 Å². The van der Waals surface area contributed by atoms with Crippen LogP contribution in [-0.2, 0) is 28.3 Å². The van der Waals surface area contributed by atoms with Crippen LogP contribution in [0.2, 0.25) is 0 Å². The molecule has 0 fully saturated rings. The normalized spacial score (nSPS) is 11.6. The van der Waals surface area contributed by atoms with Crippen LogP contribution in [0, 0.1) is 0 Å². The molecule has 0 aliphatic rings. The monoisotopic (exact) mass is 280 g/mol. The second kappa shape index (κ2) is 7.64. The van der Waals surface area contributed by atoms with E-state index in [4.69, 9.17) is 4.18 Å². The second-order valence-electron chi connectivity index (χ2n) is 2.82. The van der Waals surface area contributed by atoms with Gasteiger partial charge in [0.25, 0.3) is 0 Å². The summed E-state index contributed by atoms with van der Waals surface area (Å²) in [6.45, 7) is -0.0189. The van der Waals surface area contributed by atoms with Gasteiger partial charge in [-0.2, -0.15) is 0 Å². The first-order valence-corrected chi connectivity index (χ1v) is 6.92. The molecular formula is C9H12O6S2. The van der Waals surface area contributed by atoms with Crippen LogP contribution in [0.5, 0.6) is 0 Å². The van der Waals surface area contributed by atoms with Gasteiger partial charge in [0.1, 0.15) is 0 Å². The van der Waals surface area contributed by atoms with E-state index in [2.05, 4.69) is 14.3 Å². The zero-order valence-electron chi connectivity index (χ0n) is 9.07. The summed E-state index contributed by atoms with van der Waals surface area (Å²) in [6.07, 6.45) is 0. The molecule has 6 nitrogen and oxygen atoms in total. The summed E-state index contributed by atoms with van der Waals surface area (Å²) < 4.78 is 32.6. The molecule has 0 atom stereocenters. The Balaban J connectivity index is 2.31. The third-order valence-corrected chi connectivity index (χ3v) is 3.78. The van der Waals surface area contributed by atoms with Gasteiger partial charge in [-0.25, -0.2) is 13.3 Å². The highest BCUT2D eigenvalue weighted by Crippen LogP contribution is 2.11. The predicted molar refractivity (Wildman–Crippen MR) is 61.2 cm³/mol. The van der Waals surface area contributed by atoms with E-state index in [1.54, 1.807) is 18.2 Å². The Morgan fingerprint density at radius 1 is 1.24 bits per heavy atom. The van der Waals surface area contributed by atoms with E-state index in [1.807, 2.05) is 0 Å². The summed E-state index contributed by atoms with van der Waals surface area (Å²) in [6, 6.07) is 8.15. The highest BCUT2D eigenvalue weighted by atomic mass is 32.2. The first-order valence-electron chi connectivity index (χ1n) is 4.60. The highest BCUT2D eigenvalue weighted by molar-refractivity contribution is 7.91. The Morgan fingerprint density at radius 2 is 1.94 bits per heavy atom. The summed E-state index contributed by atoms with van der Waals surface area (Å²) in [5, 5.41) is 4.04. The lowest BCUT2D eigenvalue weighted by atomic mass is 10.4. The molecule has 1 rings (SSSR count). The molecule has 17 heavy (non-hydrogen) atoms. The van der Waals surface area contributed by atoms with E-state index in [0.29, 0.717) is 12.3 Å². The number of sulfone groups is 1. The number of hydrogen-bond donors (Lipinski definition) is 0. The first-order chi connectivity index (χ1) is 8.17. The van der Waals surface area contributed by atoms with Gasteiger partial charge < -0.3 is 0 Å². The van der Waals surface area contributed by atoms with Crippen molar-refractivity contribution in [3.05, 3.63) is 30.3 Å². The molecule has 96 valence electrons. The minimum Gasteiger partial charge on any atom is -0.288 e. The average molecular weight is 280 g/mol. The maximum atomic E-state index is 11.7. The van der Waals surface area contributed by atoms with Crippen LogP contribution in [0.4, 0.5) is 0 Å². The average Bonchev–Trinajstić information content (AvgIpc) is 2.35. The fourth-order valence-corrected chi connectivity index (χ4v) is 2.47. The number of rotatable bonds is 8. The van der Waals surface area contributed by atoms with Crippen molar-refractivity contribution in [3.8, 4) is 0 Å². The van der Waals surface area contributed by atoms with Gasteiger partial charge in [0.15, 0.2) is 22.2 Å². The molecule has 0 saturated carbocycles. The molecule has 0 saturated heterocycles. The molecular weight excluding hydrogens is 268 g/mol. The van der Waals surface area contributed by atoms with Crippen LogP contribution >= 0.6 is 12.3 Å². The molecule has 0 spiro atoms. The predicted octanol–water partition coefficient (Wildman–Crippen LogP) is 1.55. The second-order valence-corrected chi connectivity index (χ2v) is 5.44. The summed E-state index contributed by atoms with van der Waals surface area (Å²) in [5.74, 6) is -0.139. The molecule has 0 unspecified atom stereocenters. The molecule has 0 heterocycles. The van der Waals surface area contributed by atoms with Crippen LogP contribution in [0.15, 0.2) is 35.2 Å². The SMILES string of the molecule is COOOSOCCS(=O)(=O)c1ccccc1. The molecule has 1 aromatic carbocycles. The van der Waals surface area contributed by atoms with E-state index >= 15 is 0 Å². The lowest BCUT2D eigenvalue weighted by molar-refractivity contribution is -0.449. The Hall–Kier alpha value is -0.640. The Morgan fingerprint density at radius 3 is 2.59 bits per heavy atom. The van der Waals surface area contributed by atoms with Gasteiger partial charge in [-0.3, -0.25) is 4.18 Å². The van der Waals surface area contributed by atoms with Crippen LogP contribution in [0.25, 0.3) is 0 Å².